The van der Waals surface area contributed by atoms with Crippen LogP contribution < -0.4 is 5.32 Å². The molecule has 0 saturated carbocycles. The van der Waals surface area contributed by atoms with Crippen LogP contribution in [0.3, 0.4) is 0 Å². The van der Waals surface area contributed by atoms with E-state index in [1.54, 1.807) is 0 Å². The monoisotopic (exact) mass is 511 g/mol. The number of allylic oxidation sites excluding steroid dienone is 1. The van der Waals surface area contributed by atoms with Gasteiger partial charge in [-0.05, 0) is 27.2 Å². The maximum Gasteiger partial charge on any atom is 0.272 e. The molecule has 3 atom stereocenters. The maximum atomic E-state index is 12.2. The Morgan fingerprint density at radius 3 is 1.91 bits per heavy atom. The van der Waals surface area contributed by atoms with Crippen LogP contribution in [0.15, 0.2) is 12.2 Å². The third-order valence-corrected chi connectivity index (χ3v) is 6.39. The maximum absolute atomic E-state index is 12.2. The van der Waals surface area contributed by atoms with Crippen LogP contribution in [0.1, 0.15) is 111 Å². The van der Waals surface area contributed by atoms with Gasteiger partial charge in [0.05, 0.1) is 12.1 Å². The van der Waals surface area contributed by atoms with Crippen LogP contribution in [-0.4, -0.2) is 33.7 Å². The van der Waals surface area contributed by atoms with Crippen molar-refractivity contribution in [2.75, 3.05) is 0 Å². The highest BCUT2D eigenvalue weighted by Crippen LogP contribution is 2.34. The van der Waals surface area contributed by atoms with Gasteiger partial charge in [0, 0.05) is 0 Å². The van der Waals surface area contributed by atoms with Gasteiger partial charge in [0.15, 0.2) is 5.79 Å². The molecule has 7 heteroatoms. The molecule has 0 bridgehead atoms. The second-order valence-corrected chi connectivity index (χ2v) is 11.6. The number of amides is 1. The molecule has 1 N–H and O–H groups in total. The lowest BCUT2D eigenvalue weighted by Crippen LogP contribution is -2.49. The number of unbranched alkanes of at least 4 members (excludes halogenated alkanes) is 11. The molecule has 1 heterocycles. The largest absolute Gasteiger partial charge is 0.344 e. The quantitative estimate of drug-likeness (QED) is 0.129. The molecule has 0 radical (unpaired) electrons. The molecule has 4 nitrogen and oxygen atoms in total. The van der Waals surface area contributed by atoms with Gasteiger partial charge in [-0.15, -0.1) is 0 Å². The Hall–Kier alpha value is -0.0000000000000000416. The Bertz CT molecular complexity index is 549. The van der Waals surface area contributed by atoms with Crippen LogP contribution in [0.4, 0.5) is 0 Å². The number of halogens is 3. The lowest BCUT2D eigenvalue weighted by Gasteiger charge is -2.26. The third kappa shape index (κ3) is 12.5. The molecule has 188 valence electrons. The van der Waals surface area contributed by atoms with E-state index in [2.05, 4.69) is 12.2 Å². The second kappa shape index (κ2) is 15.8. The van der Waals surface area contributed by atoms with Crippen LogP contribution in [0.25, 0.3) is 0 Å². The van der Waals surface area contributed by atoms with Crippen LogP contribution in [-0.2, 0) is 14.3 Å². The van der Waals surface area contributed by atoms with E-state index in [4.69, 9.17) is 44.3 Å². The Kier molecular flexibility index (Phi) is 14.8. The number of nitrogens with one attached hydrogen (secondary N) is 1. The molecule has 0 aliphatic carbocycles. The normalized spacial score (nSPS) is 21.8. The van der Waals surface area contributed by atoms with Gasteiger partial charge in [-0.25, -0.2) is 0 Å². The van der Waals surface area contributed by atoms with Crippen molar-refractivity contribution < 1.29 is 14.3 Å². The molecule has 1 aliphatic rings. The third-order valence-electron chi connectivity index (χ3n) is 5.87. The summed E-state index contributed by atoms with van der Waals surface area (Å²) in [5.41, 5.74) is 0. The van der Waals surface area contributed by atoms with E-state index in [-0.39, 0.29) is 12.2 Å². The average molecular weight is 513 g/mol. The van der Waals surface area contributed by atoms with Gasteiger partial charge >= 0.3 is 0 Å². The first-order valence-electron chi connectivity index (χ1n) is 12.5. The van der Waals surface area contributed by atoms with Gasteiger partial charge in [0.2, 0.25) is 0 Å². The van der Waals surface area contributed by atoms with Crippen molar-refractivity contribution in [2.24, 2.45) is 0 Å². The number of alkyl halides is 3. The number of hydrogen-bond acceptors (Lipinski definition) is 3. The molecule has 0 aromatic heterocycles. The van der Waals surface area contributed by atoms with Crippen molar-refractivity contribution in [3.05, 3.63) is 12.2 Å². The second-order valence-electron chi connectivity index (χ2n) is 9.34. The predicted octanol–water partition coefficient (Wildman–Crippen LogP) is 8.03. The van der Waals surface area contributed by atoms with Crippen molar-refractivity contribution >= 4 is 40.7 Å². The summed E-state index contributed by atoms with van der Waals surface area (Å²) in [5, 5.41) is 2.79. The minimum absolute atomic E-state index is 0.120. The summed E-state index contributed by atoms with van der Waals surface area (Å²) in [4.78, 5) is 12.2. The molecular weight excluding hydrogens is 469 g/mol. The zero-order chi connectivity index (χ0) is 24.0. The van der Waals surface area contributed by atoms with E-state index >= 15 is 0 Å². The van der Waals surface area contributed by atoms with Crippen molar-refractivity contribution in [1.82, 2.24) is 5.32 Å². The van der Waals surface area contributed by atoms with Gasteiger partial charge in [-0.3, -0.25) is 4.79 Å². The SMILES string of the molecule is C/C=C/[C@@H](NC(=O)C(Cl)(Cl)Cl)[C@@H]1OC(C)(C)O[C@@H]1CCCCCCCCCCCCCC. The molecule has 1 fully saturated rings. The highest BCUT2D eigenvalue weighted by atomic mass is 35.6. The molecule has 32 heavy (non-hydrogen) atoms. The van der Waals surface area contributed by atoms with Crippen molar-refractivity contribution in [3.63, 3.8) is 0 Å². The molecular formula is C25H44Cl3NO3. The number of ether oxygens (including phenoxy) is 2. The number of carbonyl (C=O) groups excluding carboxylic acids is 1. The smallest absolute Gasteiger partial charge is 0.272 e. The number of carbonyl (C=O) groups is 1. The van der Waals surface area contributed by atoms with Gasteiger partial charge in [0.25, 0.3) is 9.70 Å². The minimum Gasteiger partial charge on any atom is -0.344 e. The van der Waals surface area contributed by atoms with Gasteiger partial charge in [-0.2, -0.15) is 0 Å². The summed E-state index contributed by atoms with van der Waals surface area (Å²) in [6.45, 7) is 7.94. The van der Waals surface area contributed by atoms with E-state index in [9.17, 15) is 4.79 Å². The van der Waals surface area contributed by atoms with Crippen LogP contribution >= 0.6 is 34.8 Å². The highest BCUT2D eigenvalue weighted by molar-refractivity contribution is 6.76. The summed E-state index contributed by atoms with van der Waals surface area (Å²) >= 11 is 17.2. The molecule has 0 aromatic carbocycles. The van der Waals surface area contributed by atoms with Crippen LogP contribution in [0.5, 0.6) is 0 Å². The Morgan fingerprint density at radius 2 is 1.44 bits per heavy atom. The van der Waals surface area contributed by atoms with Crippen molar-refractivity contribution in [2.45, 2.75) is 139 Å². The zero-order valence-electron chi connectivity index (χ0n) is 20.4. The summed E-state index contributed by atoms with van der Waals surface area (Å²) < 4.78 is 10.3. The lowest BCUT2D eigenvalue weighted by molar-refractivity contribution is -0.149. The van der Waals surface area contributed by atoms with E-state index in [0.29, 0.717) is 0 Å². The topological polar surface area (TPSA) is 47.6 Å². The molecule has 0 aromatic rings. The molecule has 0 spiro atoms. The number of rotatable bonds is 16. The average Bonchev–Trinajstić information content (AvgIpc) is 3.02. The van der Waals surface area contributed by atoms with Gasteiger partial charge < -0.3 is 14.8 Å². The highest BCUT2D eigenvalue weighted by Gasteiger charge is 2.45. The van der Waals surface area contributed by atoms with Crippen molar-refractivity contribution in [3.8, 4) is 0 Å². The summed E-state index contributed by atoms with van der Waals surface area (Å²) in [6, 6.07) is -0.424. The fraction of sp³-hybridized carbons (Fsp3) is 0.880. The summed E-state index contributed by atoms with van der Waals surface area (Å²) in [6.07, 6.45) is 19.9. The fourth-order valence-electron chi connectivity index (χ4n) is 4.26. The zero-order valence-corrected chi connectivity index (χ0v) is 22.7. The minimum atomic E-state index is -2.01. The van der Waals surface area contributed by atoms with E-state index in [1.807, 2.05) is 32.9 Å². The molecule has 1 saturated heterocycles. The Balaban J connectivity index is 2.37. The number of hydrogen-bond donors (Lipinski definition) is 1. The Morgan fingerprint density at radius 1 is 0.938 bits per heavy atom. The predicted molar refractivity (Wildman–Crippen MR) is 137 cm³/mol. The molecule has 1 rings (SSSR count). The summed E-state index contributed by atoms with van der Waals surface area (Å²) in [5.74, 6) is -1.38. The van der Waals surface area contributed by atoms with E-state index in [0.717, 1.165) is 12.8 Å². The first-order valence-corrected chi connectivity index (χ1v) is 13.6. The van der Waals surface area contributed by atoms with E-state index in [1.165, 1.54) is 70.6 Å². The van der Waals surface area contributed by atoms with Gasteiger partial charge in [-0.1, -0.05) is 131 Å². The van der Waals surface area contributed by atoms with Crippen LogP contribution in [0.2, 0.25) is 0 Å². The standard InChI is InChI=1S/C25H44Cl3NO3/c1-5-7-8-9-10-11-12-13-14-15-16-17-19-21-22(32-24(3,4)31-21)20(18-6-2)29-23(30)25(26,27)28/h6,18,20-22H,5,7-17,19H2,1-4H3,(H,29,30)/b18-6+/t20-,21-,22+/m1/s1. The first kappa shape index (κ1) is 30.0. The Labute approximate surface area is 211 Å². The fourth-order valence-corrected chi connectivity index (χ4v) is 4.42. The van der Waals surface area contributed by atoms with Crippen LogP contribution in [0, 0.1) is 0 Å². The molecule has 1 amide bonds. The first-order chi connectivity index (χ1) is 15.1. The van der Waals surface area contributed by atoms with Crippen molar-refractivity contribution in [1.29, 1.82) is 0 Å². The van der Waals surface area contributed by atoms with E-state index < -0.39 is 21.5 Å². The van der Waals surface area contributed by atoms with Gasteiger partial charge in [0.1, 0.15) is 6.10 Å². The molecule has 0 unspecified atom stereocenters. The lowest BCUT2D eigenvalue weighted by atomic mass is 9.98. The molecule has 1 aliphatic heterocycles. The summed E-state index contributed by atoms with van der Waals surface area (Å²) in [7, 11) is 0.